The zero-order chi connectivity index (χ0) is 28.0. The maximum atomic E-state index is 14.9. The van der Waals surface area contributed by atoms with E-state index in [2.05, 4.69) is 0 Å². The molecule has 0 bridgehead atoms. The van der Waals surface area contributed by atoms with Gasteiger partial charge >= 0.3 is 6.18 Å². The zero-order valence-corrected chi connectivity index (χ0v) is 21.7. The third kappa shape index (κ3) is 7.05. The van der Waals surface area contributed by atoms with Crippen LogP contribution in [0.25, 0.3) is 11.1 Å². The molecule has 4 aromatic carbocycles. The number of ether oxygens (including phenoxy) is 1. The van der Waals surface area contributed by atoms with E-state index in [-0.39, 0.29) is 5.91 Å². The van der Waals surface area contributed by atoms with Crippen LogP contribution in [-0.4, -0.2) is 24.4 Å². The van der Waals surface area contributed by atoms with E-state index in [1.807, 2.05) is 60.7 Å². The summed E-state index contributed by atoms with van der Waals surface area (Å²) in [6, 6.07) is 27.9. The molecule has 39 heavy (non-hydrogen) atoms. The number of hydrogen-bond acceptors (Lipinski definition) is 2. The third-order valence-corrected chi connectivity index (χ3v) is 6.68. The van der Waals surface area contributed by atoms with Crippen LogP contribution in [0.3, 0.4) is 0 Å². The highest BCUT2D eigenvalue weighted by atomic mass is 19.4. The summed E-state index contributed by atoms with van der Waals surface area (Å²) < 4.78 is 59.8. The van der Waals surface area contributed by atoms with Crippen LogP contribution in [-0.2, 0) is 11.0 Å². The lowest BCUT2D eigenvalue weighted by Crippen LogP contribution is -2.32. The molecule has 0 aromatic heterocycles. The smallest absolute Gasteiger partial charge is 0.416 e. The van der Waals surface area contributed by atoms with Crippen LogP contribution in [0.4, 0.5) is 17.6 Å². The summed E-state index contributed by atoms with van der Waals surface area (Å²) in [6.45, 7) is 2.07. The lowest BCUT2D eigenvalue weighted by Gasteiger charge is -2.25. The Morgan fingerprint density at radius 2 is 1.46 bits per heavy atom. The summed E-state index contributed by atoms with van der Waals surface area (Å²) in [5, 5.41) is 0. The molecule has 202 valence electrons. The van der Waals surface area contributed by atoms with Gasteiger partial charge in [0, 0.05) is 25.6 Å². The van der Waals surface area contributed by atoms with Gasteiger partial charge in [0.05, 0.1) is 11.5 Å². The Morgan fingerprint density at radius 1 is 0.846 bits per heavy atom. The Balaban J connectivity index is 1.44. The molecule has 0 heterocycles. The number of hydrogen-bond donors (Lipinski definition) is 0. The average molecular weight is 536 g/mol. The predicted octanol–water partition coefficient (Wildman–Crippen LogP) is 8.28. The molecule has 0 spiro atoms. The van der Waals surface area contributed by atoms with E-state index < -0.39 is 29.6 Å². The molecule has 0 fully saturated rings. The lowest BCUT2D eigenvalue weighted by atomic mass is 9.96. The Hall–Kier alpha value is -4.13. The number of carbonyl (C=O) groups is 1. The fourth-order valence-electron chi connectivity index (χ4n) is 4.39. The molecular weight excluding hydrogens is 506 g/mol. The van der Waals surface area contributed by atoms with Gasteiger partial charge in [-0.25, -0.2) is 4.39 Å². The first-order valence-corrected chi connectivity index (χ1v) is 12.6. The van der Waals surface area contributed by atoms with Crippen molar-refractivity contribution < 1.29 is 27.1 Å². The fraction of sp³-hybridized carbons (Fsp3) is 0.219. The Bertz CT molecular complexity index is 1370. The molecular formula is C32H29F4NO2. The lowest BCUT2D eigenvalue weighted by molar-refractivity contribution is -0.137. The minimum Gasteiger partial charge on any atom is -0.486 e. The molecule has 0 unspecified atom stereocenters. The standard InChI is InChI=1S/C32H29F4NO2/c1-22(25-13-18-28(29(33)21-25)23-9-5-3-6-10-23)31(38)37(2)20-19-30(24-11-7-4-8-12-24)39-27-16-14-26(15-17-27)32(34,35)36/h3-18,21-22,30H,19-20H2,1-2H3/t22-,30+/m0/s1. The van der Waals surface area contributed by atoms with Gasteiger partial charge in [0.15, 0.2) is 0 Å². The van der Waals surface area contributed by atoms with Crippen molar-refractivity contribution in [3.63, 3.8) is 0 Å². The second-order valence-corrected chi connectivity index (χ2v) is 9.41. The van der Waals surface area contributed by atoms with Gasteiger partial charge in [0.25, 0.3) is 0 Å². The Kier molecular flexibility index (Phi) is 8.69. The molecule has 2 atom stereocenters. The summed E-state index contributed by atoms with van der Waals surface area (Å²) in [7, 11) is 1.67. The molecule has 0 radical (unpaired) electrons. The highest BCUT2D eigenvalue weighted by Crippen LogP contribution is 2.32. The van der Waals surface area contributed by atoms with Gasteiger partial charge in [-0.15, -0.1) is 0 Å². The van der Waals surface area contributed by atoms with Gasteiger partial charge in [-0.1, -0.05) is 72.8 Å². The summed E-state index contributed by atoms with van der Waals surface area (Å²) in [5.74, 6) is -0.841. The van der Waals surface area contributed by atoms with Crippen molar-refractivity contribution in [2.75, 3.05) is 13.6 Å². The molecule has 4 rings (SSSR count). The van der Waals surface area contributed by atoms with Gasteiger partial charge in [0.2, 0.25) is 5.91 Å². The number of carbonyl (C=O) groups excluding carboxylic acids is 1. The summed E-state index contributed by atoms with van der Waals surface area (Å²) >= 11 is 0. The van der Waals surface area contributed by atoms with Gasteiger partial charge in [-0.05, 0) is 53.9 Å². The first kappa shape index (κ1) is 27.9. The average Bonchev–Trinajstić information content (AvgIpc) is 2.95. The molecule has 3 nitrogen and oxygen atoms in total. The van der Waals surface area contributed by atoms with Gasteiger partial charge < -0.3 is 9.64 Å². The van der Waals surface area contributed by atoms with Crippen LogP contribution >= 0.6 is 0 Å². The molecule has 0 aliphatic heterocycles. The van der Waals surface area contributed by atoms with Crippen molar-refractivity contribution in [3.8, 4) is 16.9 Å². The Labute approximate surface area is 225 Å². The minimum absolute atomic E-state index is 0.178. The number of amides is 1. The van der Waals surface area contributed by atoms with Crippen molar-refractivity contribution >= 4 is 5.91 Å². The van der Waals surface area contributed by atoms with Crippen molar-refractivity contribution in [2.45, 2.75) is 31.5 Å². The molecule has 1 amide bonds. The molecule has 4 aromatic rings. The van der Waals surface area contributed by atoms with Crippen LogP contribution < -0.4 is 4.74 Å². The van der Waals surface area contributed by atoms with Gasteiger partial charge in [-0.2, -0.15) is 13.2 Å². The number of nitrogens with zero attached hydrogens (tertiary/aromatic N) is 1. The van der Waals surface area contributed by atoms with E-state index in [1.165, 1.54) is 18.2 Å². The van der Waals surface area contributed by atoms with Crippen LogP contribution in [0.15, 0.2) is 103 Å². The number of rotatable bonds is 9. The highest BCUT2D eigenvalue weighted by molar-refractivity contribution is 5.83. The van der Waals surface area contributed by atoms with E-state index in [1.54, 1.807) is 31.0 Å². The van der Waals surface area contributed by atoms with E-state index >= 15 is 0 Å². The topological polar surface area (TPSA) is 29.5 Å². The second-order valence-electron chi connectivity index (χ2n) is 9.41. The van der Waals surface area contributed by atoms with E-state index in [9.17, 15) is 22.4 Å². The van der Waals surface area contributed by atoms with Crippen LogP contribution in [0.2, 0.25) is 0 Å². The van der Waals surface area contributed by atoms with Crippen LogP contribution in [0.1, 0.15) is 42.1 Å². The van der Waals surface area contributed by atoms with E-state index in [0.717, 1.165) is 23.3 Å². The van der Waals surface area contributed by atoms with Gasteiger partial charge in [-0.3, -0.25) is 4.79 Å². The number of benzene rings is 4. The second kappa shape index (κ2) is 12.2. The highest BCUT2D eigenvalue weighted by Gasteiger charge is 2.30. The predicted molar refractivity (Wildman–Crippen MR) is 144 cm³/mol. The molecule has 0 saturated heterocycles. The fourth-order valence-corrected chi connectivity index (χ4v) is 4.39. The van der Waals surface area contributed by atoms with Gasteiger partial charge in [0.1, 0.15) is 17.7 Å². The van der Waals surface area contributed by atoms with Crippen LogP contribution in [0, 0.1) is 5.82 Å². The summed E-state index contributed by atoms with van der Waals surface area (Å²) in [4.78, 5) is 14.8. The normalized spacial score (nSPS) is 13.0. The van der Waals surface area contributed by atoms with E-state index in [0.29, 0.717) is 29.8 Å². The maximum Gasteiger partial charge on any atom is 0.416 e. The Morgan fingerprint density at radius 3 is 2.05 bits per heavy atom. The van der Waals surface area contributed by atoms with Crippen molar-refractivity contribution in [1.82, 2.24) is 4.90 Å². The first-order chi connectivity index (χ1) is 18.6. The maximum absolute atomic E-state index is 14.9. The molecule has 0 aliphatic rings. The SMILES string of the molecule is C[C@H](C(=O)N(C)CC[C@@H](Oc1ccc(C(F)(F)F)cc1)c1ccccc1)c1ccc(-c2ccccc2)c(F)c1. The molecule has 7 heteroatoms. The number of halogens is 4. The van der Waals surface area contributed by atoms with Crippen molar-refractivity contribution in [2.24, 2.45) is 0 Å². The quantitative estimate of drug-likeness (QED) is 0.202. The molecule has 0 aliphatic carbocycles. The van der Waals surface area contributed by atoms with Crippen LogP contribution in [0.5, 0.6) is 5.75 Å². The summed E-state index contributed by atoms with van der Waals surface area (Å²) in [5.41, 5.74) is 1.89. The largest absolute Gasteiger partial charge is 0.486 e. The van der Waals surface area contributed by atoms with E-state index in [4.69, 9.17) is 4.74 Å². The third-order valence-electron chi connectivity index (χ3n) is 6.68. The first-order valence-electron chi connectivity index (χ1n) is 12.6. The summed E-state index contributed by atoms with van der Waals surface area (Å²) in [6.07, 6.45) is -4.51. The molecule has 0 saturated carbocycles. The van der Waals surface area contributed by atoms with Crippen molar-refractivity contribution in [1.29, 1.82) is 0 Å². The number of alkyl halides is 3. The monoisotopic (exact) mass is 535 g/mol. The zero-order valence-electron chi connectivity index (χ0n) is 21.7. The minimum atomic E-state index is -4.43. The number of likely N-dealkylation sites (N-methyl/N-ethyl adjacent to an activating group) is 1. The van der Waals surface area contributed by atoms with Crippen molar-refractivity contribution in [3.05, 3.63) is 126 Å². The molecule has 0 N–H and O–H groups in total.